The summed E-state index contributed by atoms with van der Waals surface area (Å²) in [5, 5.41) is 0. The molecule has 1 aromatic heterocycles. The Morgan fingerprint density at radius 3 is 2.46 bits per heavy atom. The van der Waals surface area contributed by atoms with Crippen molar-refractivity contribution in [2.24, 2.45) is 0 Å². The van der Waals surface area contributed by atoms with Gasteiger partial charge in [-0.3, -0.25) is 20.4 Å². The normalized spacial score (nSPS) is 10.2. The molecular weight excluding hydrogens is 447 g/mol. The van der Waals surface area contributed by atoms with Crippen LogP contribution in [0.1, 0.15) is 26.7 Å². The van der Waals surface area contributed by atoms with Gasteiger partial charge in [-0.25, -0.2) is 0 Å². The van der Waals surface area contributed by atoms with Crippen LogP contribution < -0.4 is 15.6 Å². The minimum Gasteiger partial charge on any atom is -0.486 e. The summed E-state index contributed by atoms with van der Waals surface area (Å²) in [4.78, 5) is 24.1. The Kier molecular flexibility index (Phi) is 5.90. The maximum Gasteiger partial charge on any atom is 0.305 e. The summed E-state index contributed by atoms with van der Waals surface area (Å²) >= 11 is 2.11. The summed E-state index contributed by atoms with van der Waals surface area (Å²) < 4.78 is 11.9. The van der Waals surface area contributed by atoms with Gasteiger partial charge in [-0.2, -0.15) is 0 Å². The van der Waals surface area contributed by atoms with Crippen molar-refractivity contribution in [3.63, 3.8) is 0 Å². The molecule has 6 nitrogen and oxygen atoms in total. The highest BCUT2D eigenvalue weighted by Gasteiger charge is 2.13. The molecular formula is C19H15IN2O4. The summed E-state index contributed by atoms with van der Waals surface area (Å²) in [6.45, 7) is 0.201. The molecule has 0 spiro atoms. The van der Waals surface area contributed by atoms with E-state index >= 15 is 0 Å². The monoisotopic (exact) mass is 462 g/mol. The van der Waals surface area contributed by atoms with Gasteiger partial charge in [0.1, 0.15) is 18.1 Å². The predicted octanol–water partition coefficient (Wildman–Crippen LogP) is 3.54. The average molecular weight is 462 g/mol. The smallest absolute Gasteiger partial charge is 0.305 e. The van der Waals surface area contributed by atoms with Crippen molar-refractivity contribution in [2.45, 2.75) is 6.61 Å². The van der Waals surface area contributed by atoms with E-state index in [1.165, 1.54) is 6.07 Å². The quantitative estimate of drug-likeness (QED) is 0.449. The molecule has 0 radical (unpaired) electrons. The third kappa shape index (κ3) is 4.85. The van der Waals surface area contributed by atoms with Gasteiger partial charge in [0, 0.05) is 9.13 Å². The molecule has 0 aliphatic heterocycles. The lowest BCUT2D eigenvalue weighted by atomic mass is 10.2. The van der Waals surface area contributed by atoms with E-state index in [1.54, 1.807) is 24.3 Å². The Morgan fingerprint density at radius 2 is 1.69 bits per heavy atom. The number of carbonyl (C=O) groups is 2. The Labute approximate surface area is 163 Å². The second kappa shape index (κ2) is 8.52. The van der Waals surface area contributed by atoms with E-state index in [9.17, 15) is 9.59 Å². The molecule has 3 aromatic rings. The molecule has 1 heterocycles. The van der Waals surface area contributed by atoms with Gasteiger partial charge in [-0.15, -0.1) is 0 Å². The molecule has 2 amide bonds. The molecule has 0 saturated carbocycles. The molecule has 0 saturated heterocycles. The Bertz CT molecular complexity index is 909. The Hall–Kier alpha value is -2.81. The number of hydrogen-bond acceptors (Lipinski definition) is 4. The molecule has 132 valence electrons. The zero-order chi connectivity index (χ0) is 18.4. The summed E-state index contributed by atoms with van der Waals surface area (Å²) in [6, 6.07) is 19.5. The number of hydrogen-bond donors (Lipinski definition) is 2. The predicted molar refractivity (Wildman–Crippen MR) is 104 cm³/mol. The average Bonchev–Trinajstić information content (AvgIpc) is 3.14. The van der Waals surface area contributed by atoms with E-state index in [2.05, 4.69) is 33.4 Å². The van der Waals surface area contributed by atoms with Gasteiger partial charge in [0.15, 0.2) is 5.76 Å². The van der Waals surface area contributed by atoms with Crippen molar-refractivity contribution >= 4 is 34.4 Å². The van der Waals surface area contributed by atoms with Crippen LogP contribution in [-0.4, -0.2) is 11.8 Å². The SMILES string of the molecule is O=C(NNC(=O)c1ccc(COc2ccccc2)o1)c1cccc(I)c1. The molecule has 7 heteroatoms. The highest BCUT2D eigenvalue weighted by molar-refractivity contribution is 14.1. The molecule has 0 bridgehead atoms. The van der Waals surface area contributed by atoms with Gasteiger partial charge < -0.3 is 9.15 Å². The first-order valence-electron chi connectivity index (χ1n) is 7.74. The fourth-order valence-electron chi connectivity index (χ4n) is 2.13. The fourth-order valence-corrected chi connectivity index (χ4v) is 2.67. The number of halogens is 1. The van der Waals surface area contributed by atoms with E-state index in [4.69, 9.17) is 9.15 Å². The summed E-state index contributed by atoms with van der Waals surface area (Å²) in [6.07, 6.45) is 0. The number of hydrazine groups is 1. The highest BCUT2D eigenvalue weighted by Crippen LogP contribution is 2.14. The second-order valence-electron chi connectivity index (χ2n) is 5.29. The van der Waals surface area contributed by atoms with Gasteiger partial charge >= 0.3 is 5.91 Å². The highest BCUT2D eigenvalue weighted by atomic mass is 127. The van der Waals surface area contributed by atoms with Gasteiger partial charge in [0.05, 0.1) is 0 Å². The Balaban J connectivity index is 1.52. The molecule has 0 unspecified atom stereocenters. The van der Waals surface area contributed by atoms with Gasteiger partial charge in [0.25, 0.3) is 5.91 Å². The van der Waals surface area contributed by atoms with E-state index < -0.39 is 11.8 Å². The van der Waals surface area contributed by atoms with Crippen molar-refractivity contribution < 1.29 is 18.7 Å². The lowest BCUT2D eigenvalue weighted by molar-refractivity contribution is 0.0828. The minimum atomic E-state index is -0.546. The van der Waals surface area contributed by atoms with Crippen LogP contribution in [-0.2, 0) is 6.61 Å². The fraction of sp³-hybridized carbons (Fsp3) is 0.0526. The number of nitrogens with one attached hydrogen (secondary N) is 2. The minimum absolute atomic E-state index is 0.0830. The summed E-state index contributed by atoms with van der Waals surface area (Å²) in [5.74, 6) is 0.341. The van der Waals surface area contributed by atoms with E-state index in [0.29, 0.717) is 17.1 Å². The van der Waals surface area contributed by atoms with Crippen molar-refractivity contribution in [3.05, 3.63) is 87.4 Å². The van der Waals surface area contributed by atoms with E-state index in [-0.39, 0.29) is 12.4 Å². The van der Waals surface area contributed by atoms with Crippen LogP contribution >= 0.6 is 22.6 Å². The van der Waals surface area contributed by atoms with E-state index in [1.807, 2.05) is 36.4 Å². The lowest BCUT2D eigenvalue weighted by Crippen LogP contribution is -2.41. The third-order valence-corrected chi connectivity index (χ3v) is 4.06. The molecule has 2 aromatic carbocycles. The number of para-hydroxylation sites is 1. The molecule has 2 N–H and O–H groups in total. The zero-order valence-electron chi connectivity index (χ0n) is 13.6. The summed E-state index contributed by atoms with van der Waals surface area (Å²) in [7, 11) is 0. The van der Waals surface area contributed by atoms with Gasteiger partial charge in [-0.05, 0) is 65.1 Å². The zero-order valence-corrected chi connectivity index (χ0v) is 15.7. The number of rotatable bonds is 5. The van der Waals surface area contributed by atoms with Crippen LogP contribution in [0.3, 0.4) is 0 Å². The molecule has 26 heavy (non-hydrogen) atoms. The first kappa shape index (κ1) is 18.0. The van der Waals surface area contributed by atoms with Crippen LogP contribution in [0.15, 0.2) is 71.1 Å². The number of furan rings is 1. The molecule has 0 aliphatic carbocycles. The van der Waals surface area contributed by atoms with Crippen LogP contribution in [0.5, 0.6) is 5.75 Å². The molecule has 0 aliphatic rings. The first-order chi connectivity index (χ1) is 12.6. The summed E-state index contributed by atoms with van der Waals surface area (Å²) in [5.41, 5.74) is 5.14. The first-order valence-corrected chi connectivity index (χ1v) is 8.82. The second-order valence-corrected chi connectivity index (χ2v) is 6.53. The van der Waals surface area contributed by atoms with Gasteiger partial charge in [0.2, 0.25) is 0 Å². The van der Waals surface area contributed by atoms with Crippen molar-refractivity contribution in [2.75, 3.05) is 0 Å². The number of ether oxygens (including phenoxy) is 1. The molecule has 3 rings (SSSR count). The number of amides is 2. The Morgan fingerprint density at radius 1 is 0.923 bits per heavy atom. The van der Waals surface area contributed by atoms with Crippen LogP contribution in [0.2, 0.25) is 0 Å². The van der Waals surface area contributed by atoms with Gasteiger partial charge in [-0.1, -0.05) is 24.3 Å². The standard InChI is InChI=1S/C19H15IN2O4/c20-14-6-4-5-13(11-14)18(23)21-22-19(24)17-10-9-16(26-17)12-25-15-7-2-1-3-8-15/h1-11H,12H2,(H,21,23)(H,22,24). The number of carbonyl (C=O) groups excluding carboxylic acids is 2. The maximum atomic E-state index is 12.1. The lowest BCUT2D eigenvalue weighted by Gasteiger charge is -2.06. The van der Waals surface area contributed by atoms with Crippen LogP contribution in [0, 0.1) is 3.57 Å². The topological polar surface area (TPSA) is 80.6 Å². The van der Waals surface area contributed by atoms with Crippen LogP contribution in [0.25, 0.3) is 0 Å². The largest absolute Gasteiger partial charge is 0.486 e. The number of benzene rings is 2. The third-order valence-electron chi connectivity index (χ3n) is 3.39. The molecule has 0 fully saturated rings. The van der Waals surface area contributed by atoms with E-state index in [0.717, 1.165) is 3.57 Å². The molecule has 0 atom stereocenters. The van der Waals surface area contributed by atoms with Crippen LogP contribution in [0.4, 0.5) is 0 Å². The maximum absolute atomic E-state index is 12.1. The van der Waals surface area contributed by atoms with Crippen molar-refractivity contribution in [1.29, 1.82) is 0 Å². The van der Waals surface area contributed by atoms with Crippen molar-refractivity contribution in [1.82, 2.24) is 10.9 Å². The van der Waals surface area contributed by atoms with Crippen molar-refractivity contribution in [3.8, 4) is 5.75 Å².